The Bertz CT molecular complexity index is 1410. The number of methoxy groups -OCH3 is 1. The van der Waals surface area contributed by atoms with Crippen LogP contribution in [0.15, 0.2) is 18.2 Å². The van der Waals surface area contributed by atoms with E-state index in [9.17, 15) is 10.2 Å². The average molecular weight is 630 g/mol. The lowest BCUT2D eigenvalue weighted by atomic mass is 9.31. The van der Waals surface area contributed by atoms with E-state index in [1.807, 2.05) is 19.2 Å². The average Bonchev–Trinajstić information content (AvgIpc) is 3.36. The zero-order chi connectivity index (χ0) is 32.1. The molecule has 2 saturated heterocycles. The van der Waals surface area contributed by atoms with Crippen LogP contribution in [-0.4, -0.2) is 47.3 Å². The van der Waals surface area contributed by atoms with Gasteiger partial charge in [0, 0.05) is 44.1 Å². The van der Waals surface area contributed by atoms with Crippen LogP contribution >= 0.6 is 0 Å². The van der Waals surface area contributed by atoms with Crippen molar-refractivity contribution in [1.82, 2.24) is 0 Å². The van der Waals surface area contributed by atoms with Gasteiger partial charge >= 0.3 is 0 Å². The van der Waals surface area contributed by atoms with E-state index in [1.165, 1.54) is 49.7 Å². The Morgan fingerprint density at radius 3 is 2.67 bits per heavy atom. The molecule has 0 aromatic heterocycles. The molecule has 1 aromatic rings. The van der Waals surface area contributed by atoms with E-state index in [1.54, 1.807) is 0 Å². The molecule has 2 heterocycles. The lowest BCUT2D eigenvalue weighted by Gasteiger charge is -2.80. The van der Waals surface area contributed by atoms with Crippen LogP contribution in [0.4, 0.5) is 0 Å². The quantitative estimate of drug-likeness (QED) is 0.304. The van der Waals surface area contributed by atoms with Crippen LogP contribution in [0.25, 0.3) is 0 Å². The second kappa shape index (κ2) is 11.0. The fourth-order valence-corrected chi connectivity index (χ4v) is 14.3. The summed E-state index contributed by atoms with van der Waals surface area (Å²) >= 11 is 0. The molecule has 4 N–H and O–H groups in total. The van der Waals surface area contributed by atoms with Gasteiger partial charge in [-0.15, -0.1) is 0 Å². The molecule has 252 valence electrons. The topological polar surface area (TPSA) is 84.9 Å². The van der Waals surface area contributed by atoms with Gasteiger partial charge in [-0.1, -0.05) is 31.8 Å². The van der Waals surface area contributed by atoms with Crippen LogP contribution in [0.5, 0.6) is 5.75 Å². The van der Waals surface area contributed by atoms with Crippen molar-refractivity contribution in [3.05, 3.63) is 29.3 Å². The van der Waals surface area contributed by atoms with E-state index < -0.39 is 11.1 Å². The first kappa shape index (κ1) is 31.7. The number of aliphatic hydroxyl groups excluding tert-OH is 1. The molecular weight excluding hydrogens is 570 g/mol. The number of fused-ring (bicyclic) bond motifs is 3. The zero-order valence-corrected chi connectivity index (χ0v) is 29.0. The summed E-state index contributed by atoms with van der Waals surface area (Å²) in [6, 6.07) is 6.00. The van der Waals surface area contributed by atoms with Crippen LogP contribution in [0.1, 0.15) is 109 Å². The number of ether oxygens (including phenoxy) is 2. The summed E-state index contributed by atoms with van der Waals surface area (Å²) in [6.07, 6.45) is 16.0. The summed E-state index contributed by atoms with van der Waals surface area (Å²) in [5.74, 6) is 10.9. The van der Waals surface area contributed by atoms with Crippen molar-refractivity contribution in [2.45, 2.75) is 127 Å². The molecule has 1 aromatic carbocycles. The van der Waals surface area contributed by atoms with Gasteiger partial charge in [-0.25, -0.2) is 0 Å². The van der Waals surface area contributed by atoms with Crippen LogP contribution in [0, 0.1) is 70.0 Å². The molecule has 9 rings (SSSR count). The highest BCUT2D eigenvalue weighted by Crippen LogP contribution is 2.77. The minimum Gasteiger partial charge on any atom is -0.508 e. The maximum atomic E-state index is 11.1. The largest absolute Gasteiger partial charge is 0.508 e. The summed E-state index contributed by atoms with van der Waals surface area (Å²) < 4.78 is 13.8. The molecule has 0 radical (unpaired) electrons. The Morgan fingerprint density at radius 1 is 1.07 bits per heavy atom. The van der Waals surface area contributed by atoms with Crippen LogP contribution in [-0.2, 0) is 22.3 Å². The number of benzene rings is 1. The molecule has 46 heavy (non-hydrogen) atoms. The molecule has 2 spiro atoms. The number of aromatic hydroxyl groups is 1. The number of phenols is 1. The van der Waals surface area contributed by atoms with Gasteiger partial charge in [-0.2, -0.15) is 0 Å². The first-order chi connectivity index (χ1) is 22.0. The molecule has 0 amide bonds. The van der Waals surface area contributed by atoms with Crippen LogP contribution < -0.4 is 5.73 Å². The number of hydrogen-bond donors (Lipinski definition) is 3. The maximum Gasteiger partial charge on any atom is 0.115 e. The highest BCUT2D eigenvalue weighted by molar-refractivity contribution is 5.41. The van der Waals surface area contributed by atoms with Gasteiger partial charge in [0.05, 0.1) is 17.1 Å². The monoisotopic (exact) mass is 629 g/mol. The van der Waals surface area contributed by atoms with Crippen molar-refractivity contribution in [2.24, 2.45) is 63.9 Å². The lowest BCUT2D eigenvalue weighted by Crippen LogP contribution is -2.87. The molecule has 5 saturated carbocycles. The summed E-state index contributed by atoms with van der Waals surface area (Å²) in [5, 5.41) is 21.6. The predicted octanol–water partition coefficient (Wildman–Crippen LogP) is 7.05. The standard InChI is InChI=1S/C41H59NO4/c1-26(2)16-27-10-14-38(20-27)21-28-17-30-8-9-34(44)19-29(30)6-5-7-35-40(33(18-28)22-38)25-39-15-12-31(23-43)41(35,42)36(39)37(3,46-40)13-11-32(39)24-45-4/h8-9,19,26-28,31-33,35-36,43-44H,6,10-18,20-25,42H2,1-4H3. The first-order valence-corrected chi connectivity index (χ1v) is 18.9. The molecule has 12 atom stereocenters. The van der Waals surface area contributed by atoms with Gasteiger partial charge in [0.15, 0.2) is 0 Å². The number of aliphatic hydroxyl groups is 1. The summed E-state index contributed by atoms with van der Waals surface area (Å²) in [6.45, 7) is 8.08. The molecule has 7 fully saturated rings. The van der Waals surface area contributed by atoms with Gasteiger partial charge in [-0.3, -0.25) is 0 Å². The zero-order valence-electron chi connectivity index (χ0n) is 29.0. The fraction of sp³-hybridized carbons (Fsp3) is 0.805. The van der Waals surface area contributed by atoms with Crippen molar-refractivity contribution in [3.63, 3.8) is 0 Å². The van der Waals surface area contributed by atoms with E-state index in [0.29, 0.717) is 35.3 Å². The smallest absolute Gasteiger partial charge is 0.115 e. The molecule has 5 heteroatoms. The highest BCUT2D eigenvalue weighted by atomic mass is 16.5. The van der Waals surface area contributed by atoms with Crippen molar-refractivity contribution in [2.75, 3.05) is 20.3 Å². The number of phenolic OH excluding ortho intramolecular Hbond substituents is 1. The first-order valence-electron chi connectivity index (χ1n) is 18.9. The maximum absolute atomic E-state index is 11.1. The van der Waals surface area contributed by atoms with Crippen LogP contribution in [0.2, 0.25) is 0 Å². The Hall–Kier alpha value is -1.58. The second-order valence-corrected chi connectivity index (χ2v) is 18.4. The minimum absolute atomic E-state index is 0.0193. The van der Waals surface area contributed by atoms with Crippen molar-refractivity contribution in [1.29, 1.82) is 0 Å². The van der Waals surface area contributed by atoms with Gasteiger partial charge in [0.25, 0.3) is 0 Å². The van der Waals surface area contributed by atoms with E-state index in [4.69, 9.17) is 15.2 Å². The fourth-order valence-electron chi connectivity index (χ4n) is 14.3. The molecule has 5 nitrogen and oxygen atoms in total. The van der Waals surface area contributed by atoms with Gasteiger partial charge in [-0.05, 0) is 154 Å². The van der Waals surface area contributed by atoms with Crippen molar-refractivity contribution >= 4 is 0 Å². The number of rotatable bonds is 5. The third-order valence-electron chi connectivity index (χ3n) is 15.3. The Morgan fingerprint density at radius 2 is 1.89 bits per heavy atom. The molecule has 6 aliphatic carbocycles. The Balaban J connectivity index is 1.31. The van der Waals surface area contributed by atoms with E-state index in [0.717, 1.165) is 63.4 Å². The van der Waals surface area contributed by atoms with Gasteiger partial charge < -0.3 is 25.4 Å². The number of hydrogen-bond acceptors (Lipinski definition) is 5. The minimum atomic E-state index is -0.608. The molecule has 2 aliphatic heterocycles. The normalized spacial score (nSPS) is 48.7. The summed E-state index contributed by atoms with van der Waals surface area (Å²) in [4.78, 5) is 0. The molecule has 8 aliphatic rings. The van der Waals surface area contributed by atoms with E-state index in [-0.39, 0.29) is 35.4 Å². The predicted molar refractivity (Wildman–Crippen MR) is 181 cm³/mol. The summed E-state index contributed by atoms with van der Waals surface area (Å²) in [5.41, 5.74) is 9.64. The molecule has 12 unspecified atom stereocenters. The Kier molecular flexibility index (Phi) is 7.55. The van der Waals surface area contributed by atoms with Crippen molar-refractivity contribution < 1.29 is 19.7 Å². The van der Waals surface area contributed by atoms with Gasteiger partial charge in [0.2, 0.25) is 0 Å². The second-order valence-electron chi connectivity index (χ2n) is 18.4. The molecular formula is C41H59NO4. The lowest BCUT2D eigenvalue weighted by molar-refractivity contribution is -0.395. The highest BCUT2D eigenvalue weighted by Gasteiger charge is 2.81. The van der Waals surface area contributed by atoms with Crippen LogP contribution in [0.3, 0.4) is 0 Å². The third kappa shape index (κ3) is 4.48. The summed E-state index contributed by atoms with van der Waals surface area (Å²) in [7, 11) is 1.87. The van der Waals surface area contributed by atoms with Crippen molar-refractivity contribution in [3.8, 4) is 17.6 Å². The third-order valence-corrected chi connectivity index (χ3v) is 15.3. The SMILES string of the molecule is COCC1CCC2(C)OC34CC15CCC(CO)C(N)(C25)C3C#CCc1cc(O)ccc1CC1CC4CC2(CCC(CC(C)C)C2)C1. The van der Waals surface area contributed by atoms with Gasteiger partial charge in [0.1, 0.15) is 5.75 Å². The molecule has 7 bridgehead atoms. The van der Waals surface area contributed by atoms with E-state index in [2.05, 4.69) is 38.7 Å². The van der Waals surface area contributed by atoms with E-state index >= 15 is 0 Å². The number of nitrogens with two attached hydrogens (primary N) is 1. The Labute approximate surface area is 277 Å².